The van der Waals surface area contributed by atoms with Crippen molar-refractivity contribution in [3.63, 3.8) is 0 Å². The van der Waals surface area contributed by atoms with E-state index in [1.165, 1.54) is 9.88 Å². The van der Waals surface area contributed by atoms with Gasteiger partial charge in [0.05, 0.1) is 17.3 Å². The van der Waals surface area contributed by atoms with Gasteiger partial charge in [0.15, 0.2) is 0 Å². The van der Waals surface area contributed by atoms with Gasteiger partial charge in [-0.1, -0.05) is 0 Å². The number of piperazine rings is 1. The summed E-state index contributed by atoms with van der Waals surface area (Å²) in [6.07, 6.45) is 1.01. The van der Waals surface area contributed by atoms with Gasteiger partial charge in [-0.3, -0.25) is 0 Å². The lowest BCUT2D eigenvalue weighted by molar-refractivity contribution is 0.155. The summed E-state index contributed by atoms with van der Waals surface area (Å²) in [6.45, 7) is 8.31. The van der Waals surface area contributed by atoms with Crippen molar-refractivity contribution in [2.24, 2.45) is 5.73 Å². The van der Waals surface area contributed by atoms with Gasteiger partial charge in [-0.2, -0.15) is 0 Å². The van der Waals surface area contributed by atoms with Crippen molar-refractivity contribution < 1.29 is 4.74 Å². The van der Waals surface area contributed by atoms with E-state index in [0.717, 1.165) is 44.8 Å². The fourth-order valence-corrected chi connectivity index (χ4v) is 3.45. The third-order valence-electron chi connectivity index (χ3n) is 3.70. The van der Waals surface area contributed by atoms with Gasteiger partial charge in [0.25, 0.3) is 0 Å². The lowest BCUT2D eigenvalue weighted by Gasteiger charge is -2.32. The molecule has 0 saturated carbocycles. The van der Waals surface area contributed by atoms with Crippen molar-refractivity contribution in [1.82, 2.24) is 14.8 Å². The molecule has 2 N–H and O–H groups in total. The molecule has 6 heteroatoms. The Hall–Kier alpha value is -0.530. The normalized spacial score (nSPS) is 19.4. The molecule has 1 aliphatic heterocycles. The summed E-state index contributed by atoms with van der Waals surface area (Å²) in [5.74, 6) is 0. The number of nitrogens with zero attached hydrogens (tertiary/aromatic N) is 3. The first-order valence-electron chi connectivity index (χ1n) is 7.24. The Morgan fingerprint density at radius 3 is 2.65 bits per heavy atom. The number of nitrogens with two attached hydrogens (primary N) is 1. The number of hydrogen-bond acceptors (Lipinski definition) is 6. The smallest absolute Gasteiger partial charge is 0.0945 e. The lowest BCUT2D eigenvalue weighted by atomic mass is 10.2. The zero-order valence-corrected chi connectivity index (χ0v) is 13.6. The largest absolute Gasteiger partial charge is 0.378 e. The van der Waals surface area contributed by atoms with Crippen LogP contribution in [0.1, 0.15) is 28.5 Å². The Bertz CT molecular complexity index is 413. The maximum atomic E-state index is 6.01. The van der Waals surface area contributed by atoms with E-state index in [-0.39, 0.29) is 6.04 Å². The van der Waals surface area contributed by atoms with Gasteiger partial charge < -0.3 is 20.3 Å². The van der Waals surface area contributed by atoms with E-state index in [4.69, 9.17) is 15.5 Å². The third kappa shape index (κ3) is 4.23. The molecule has 0 aromatic carbocycles. The van der Waals surface area contributed by atoms with Crippen molar-refractivity contribution in [1.29, 1.82) is 0 Å². The Balaban J connectivity index is 1.90. The molecule has 0 amide bonds. The highest BCUT2D eigenvalue weighted by Crippen LogP contribution is 2.25. The average molecular weight is 298 g/mol. The van der Waals surface area contributed by atoms with E-state index in [1.807, 2.05) is 6.92 Å². The number of methoxy groups -OCH3 is 1. The molecule has 1 aromatic heterocycles. The summed E-state index contributed by atoms with van der Waals surface area (Å²) in [5, 5.41) is 1.18. The second-order valence-corrected chi connectivity index (χ2v) is 6.65. The Morgan fingerprint density at radius 1 is 1.35 bits per heavy atom. The van der Waals surface area contributed by atoms with E-state index in [0.29, 0.717) is 6.61 Å². The Kier molecular flexibility index (Phi) is 5.92. The minimum absolute atomic E-state index is 0.0371. The molecule has 1 unspecified atom stereocenters. The fourth-order valence-electron chi connectivity index (χ4n) is 2.44. The van der Waals surface area contributed by atoms with Gasteiger partial charge in [-0.15, -0.1) is 11.3 Å². The number of thiazole rings is 1. The first-order chi connectivity index (χ1) is 9.60. The van der Waals surface area contributed by atoms with Crippen LogP contribution in [0.25, 0.3) is 0 Å². The van der Waals surface area contributed by atoms with Gasteiger partial charge in [0.1, 0.15) is 0 Å². The summed E-state index contributed by atoms with van der Waals surface area (Å²) < 4.78 is 5.21. The molecule has 1 saturated heterocycles. The number of hydrogen-bond donors (Lipinski definition) is 1. The fraction of sp³-hybridized carbons (Fsp3) is 0.786. The molecule has 5 nitrogen and oxygen atoms in total. The lowest BCUT2D eigenvalue weighted by Crippen LogP contribution is -2.45. The standard InChI is InChI=1S/C14H26N4OS/c1-11(15)14-12(10-19-3)16-13(20-14)4-5-18-8-6-17(2)7-9-18/h11H,4-10,15H2,1-3H3. The maximum Gasteiger partial charge on any atom is 0.0945 e. The van der Waals surface area contributed by atoms with Gasteiger partial charge in [-0.25, -0.2) is 4.98 Å². The van der Waals surface area contributed by atoms with Crippen molar-refractivity contribution in [2.45, 2.75) is 26.0 Å². The van der Waals surface area contributed by atoms with E-state index in [9.17, 15) is 0 Å². The molecule has 20 heavy (non-hydrogen) atoms. The zero-order chi connectivity index (χ0) is 14.5. The quantitative estimate of drug-likeness (QED) is 0.852. The molecule has 0 spiro atoms. The summed E-state index contributed by atoms with van der Waals surface area (Å²) >= 11 is 1.74. The molecule has 2 rings (SSSR count). The number of ether oxygens (including phenoxy) is 1. The van der Waals surface area contributed by atoms with Crippen LogP contribution >= 0.6 is 11.3 Å². The van der Waals surface area contributed by atoms with E-state index in [1.54, 1.807) is 18.4 Å². The molecule has 114 valence electrons. The summed E-state index contributed by atoms with van der Waals surface area (Å²) in [7, 11) is 3.89. The number of aromatic nitrogens is 1. The molecule has 0 bridgehead atoms. The van der Waals surface area contributed by atoms with Crippen LogP contribution in [0.2, 0.25) is 0 Å². The van der Waals surface area contributed by atoms with Crippen LogP contribution in [0.3, 0.4) is 0 Å². The van der Waals surface area contributed by atoms with Gasteiger partial charge in [-0.05, 0) is 14.0 Å². The third-order valence-corrected chi connectivity index (χ3v) is 5.06. The topological polar surface area (TPSA) is 54.6 Å². The molecule has 1 fully saturated rings. The van der Waals surface area contributed by atoms with Gasteiger partial charge in [0, 0.05) is 57.2 Å². The van der Waals surface area contributed by atoms with Crippen LogP contribution in [-0.4, -0.2) is 61.7 Å². The molecule has 2 heterocycles. The zero-order valence-electron chi connectivity index (χ0n) is 12.8. The highest BCUT2D eigenvalue weighted by molar-refractivity contribution is 7.11. The highest BCUT2D eigenvalue weighted by atomic mass is 32.1. The molecular weight excluding hydrogens is 272 g/mol. The van der Waals surface area contributed by atoms with E-state index >= 15 is 0 Å². The summed E-state index contributed by atoms with van der Waals surface area (Å²) in [4.78, 5) is 10.8. The molecule has 0 radical (unpaired) electrons. The van der Waals surface area contributed by atoms with Crippen LogP contribution in [0.5, 0.6) is 0 Å². The van der Waals surface area contributed by atoms with Crippen molar-refractivity contribution in [3.8, 4) is 0 Å². The first kappa shape index (κ1) is 15.9. The predicted octanol–water partition coefficient (Wildman–Crippen LogP) is 1.10. The van der Waals surface area contributed by atoms with Crippen molar-refractivity contribution >= 4 is 11.3 Å². The molecule has 1 atom stereocenters. The Labute approximate surface area is 125 Å². The van der Waals surface area contributed by atoms with Crippen LogP contribution in [0.15, 0.2) is 0 Å². The first-order valence-corrected chi connectivity index (χ1v) is 8.05. The second-order valence-electron chi connectivity index (χ2n) is 5.54. The second kappa shape index (κ2) is 7.47. The van der Waals surface area contributed by atoms with Crippen LogP contribution in [0.4, 0.5) is 0 Å². The van der Waals surface area contributed by atoms with E-state index < -0.39 is 0 Å². The van der Waals surface area contributed by atoms with Crippen molar-refractivity contribution in [2.75, 3.05) is 46.9 Å². The molecule has 0 aliphatic carbocycles. The summed E-state index contributed by atoms with van der Waals surface area (Å²) in [6, 6.07) is 0.0371. The van der Waals surface area contributed by atoms with E-state index in [2.05, 4.69) is 16.8 Å². The SMILES string of the molecule is COCc1nc(CCN2CCN(C)CC2)sc1C(C)N. The van der Waals surface area contributed by atoms with Crippen molar-refractivity contribution in [3.05, 3.63) is 15.6 Å². The minimum Gasteiger partial charge on any atom is -0.378 e. The molecule has 1 aliphatic rings. The van der Waals surface area contributed by atoms with Crippen LogP contribution in [-0.2, 0) is 17.8 Å². The van der Waals surface area contributed by atoms with Crippen LogP contribution in [0, 0.1) is 0 Å². The predicted molar refractivity (Wildman–Crippen MR) is 83.1 cm³/mol. The number of rotatable bonds is 6. The molecule has 1 aromatic rings. The Morgan fingerprint density at radius 2 is 2.05 bits per heavy atom. The monoisotopic (exact) mass is 298 g/mol. The minimum atomic E-state index is 0.0371. The maximum absolute atomic E-state index is 6.01. The highest BCUT2D eigenvalue weighted by Gasteiger charge is 2.17. The van der Waals surface area contributed by atoms with Gasteiger partial charge >= 0.3 is 0 Å². The van der Waals surface area contributed by atoms with Crippen LogP contribution < -0.4 is 5.73 Å². The number of likely N-dealkylation sites (N-methyl/N-ethyl adjacent to an activating group) is 1. The molecular formula is C14H26N4OS. The van der Waals surface area contributed by atoms with Gasteiger partial charge in [0.2, 0.25) is 0 Å². The average Bonchev–Trinajstić information content (AvgIpc) is 2.82. The summed E-state index contributed by atoms with van der Waals surface area (Å²) in [5.41, 5.74) is 7.03.